The second-order valence-corrected chi connectivity index (χ2v) is 25.0. The molecule has 0 spiro atoms. The Morgan fingerprint density at radius 2 is 0.732 bits per heavy atom. The van der Waals surface area contributed by atoms with E-state index in [2.05, 4.69) is 37.2 Å². The summed E-state index contributed by atoms with van der Waals surface area (Å²) in [6.07, 6.45) is 6.84. The number of fused-ring (bicyclic) bond motifs is 20. The molecule has 0 aromatic heterocycles. The summed E-state index contributed by atoms with van der Waals surface area (Å²) >= 11 is 0. The lowest BCUT2D eigenvalue weighted by Crippen LogP contribution is -2.66. The number of primary sulfonamides is 3. The first kappa shape index (κ1) is 40.7. The zero-order valence-corrected chi connectivity index (χ0v) is 34.6. The molecule has 4 saturated carbocycles. The highest BCUT2D eigenvalue weighted by molar-refractivity contribution is 7.96. The molecule has 4 aliphatic carbocycles. The van der Waals surface area contributed by atoms with Gasteiger partial charge in [-0.2, -0.15) is 12.7 Å². The molecule has 0 aromatic carbocycles. The van der Waals surface area contributed by atoms with Gasteiger partial charge in [0.2, 0.25) is 30.1 Å². The van der Waals surface area contributed by atoms with E-state index in [0.717, 1.165) is 77.0 Å². The van der Waals surface area contributed by atoms with E-state index in [4.69, 9.17) is 20.6 Å². The minimum absolute atomic E-state index is 0.0293. The van der Waals surface area contributed by atoms with Crippen LogP contribution in [0.1, 0.15) is 83.5 Å². The third-order valence-electron chi connectivity index (χ3n) is 15.5. The number of hydrogen-bond donors (Lipinski definition) is 11. The number of hydrogen-bond acceptors (Lipinski definition) is 15. The molecular formula is C32H60N12O8S4. The van der Waals surface area contributed by atoms with Crippen LogP contribution in [0, 0.1) is 47.3 Å². The standard InChI is InChI=1S/C32H60N12O8S4/c33-53(45,46)21-13-20-22(24(55(35,49)50)23(21)54(34,47)48)30-40-26-15-8-2-4-10-17(15)28(38-26)43-32-19-12-6-5-11-18(19)31(44(32)56(36,51)52)42-27-16-9-3-1-7-14(16)25(37-27)39-29(20)41-30/h14-32,37-43H,1-13H2,(H2,33,45,46)(H2,34,47,48)(H2,35,49,50)(H2,36,51,52). The van der Waals surface area contributed by atoms with Crippen molar-refractivity contribution in [3.63, 3.8) is 0 Å². The van der Waals surface area contributed by atoms with Gasteiger partial charge < -0.3 is 0 Å². The van der Waals surface area contributed by atoms with Crippen LogP contribution >= 0.6 is 0 Å². The third kappa shape index (κ3) is 7.01. The number of nitrogens with one attached hydrogen (secondary N) is 7. The van der Waals surface area contributed by atoms with Gasteiger partial charge in [-0.15, -0.1) is 0 Å². The molecule has 20 nitrogen and oxygen atoms in total. The van der Waals surface area contributed by atoms with E-state index in [1.807, 2.05) is 0 Å². The SMILES string of the molecule is NS(=O)(=O)C1CC2C3NC4NC(NC5C6CCCCC6C(NC6NC(NC(N3)C2C(S(N)(=O)=O)C1S(N)(=O)=O)C1CCCCC61)N5S(N)(=O)=O)C1CCCCC41. The van der Waals surface area contributed by atoms with Crippen LogP contribution in [0.4, 0.5) is 0 Å². The monoisotopic (exact) mass is 868 g/mol. The molecule has 9 fully saturated rings. The number of nitrogens with two attached hydrogens (primary N) is 4. The van der Waals surface area contributed by atoms with E-state index in [0.29, 0.717) is 0 Å². The van der Waals surface area contributed by atoms with Gasteiger partial charge in [-0.05, 0) is 86.4 Å². The van der Waals surface area contributed by atoms with Crippen molar-refractivity contribution >= 4 is 40.3 Å². The van der Waals surface area contributed by atoms with Gasteiger partial charge in [-0.25, -0.2) is 45.8 Å². The minimum atomic E-state index is -4.81. The van der Waals surface area contributed by atoms with Gasteiger partial charge in [-0.1, -0.05) is 38.5 Å². The fourth-order valence-corrected chi connectivity index (χ4v) is 20.0. The normalized spacial score (nSPS) is 50.1. The second kappa shape index (κ2) is 14.5. The molecule has 9 aliphatic rings. The maximum atomic E-state index is 13.7. The van der Waals surface area contributed by atoms with Gasteiger partial charge >= 0.3 is 0 Å². The molecule has 15 N–H and O–H groups in total. The molecule has 19 atom stereocenters. The second-order valence-electron chi connectivity index (χ2n) is 18.3. The molecule has 5 aliphatic heterocycles. The first-order valence-corrected chi connectivity index (χ1v) is 26.8. The Kier molecular flexibility index (Phi) is 10.5. The first-order valence-electron chi connectivity index (χ1n) is 20.5. The third-order valence-corrected chi connectivity index (χ3v) is 21.0. The van der Waals surface area contributed by atoms with Crippen LogP contribution in [-0.2, 0) is 40.3 Å². The Bertz CT molecular complexity index is 1980. The molecule has 0 aromatic rings. The Balaban J connectivity index is 1.16. The quantitative estimate of drug-likeness (QED) is 0.130. The van der Waals surface area contributed by atoms with Crippen molar-refractivity contribution in [2.45, 2.75) is 149 Å². The zero-order chi connectivity index (χ0) is 39.7. The van der Waals surface area contributed by atoms with E-state index < -0.39 is 98.7 Å². The van der Waals surface area contributed by atoms with Crippen LogP contribution in [0.5, 0.6) is 0 Å². The molecule has 5 heterocycles. The van der Waals surface area contributed by atoms with E-state index in [1.165, 1.54) is 4.31 Å². The average molecular weight is 869 g/mol. The summed E-state index contributed by atoms with van der Waals surface area (Å²) in [6.45, 7) is 0. The molecular weight excluding hydrogens is 809 g/mol. The molecule has 8 bridgehead atoms. The van der Waals surface area contributed by atoms with Crippen LogP contribution < -0.4 is 57.8 Å². The first-order chi connectivity index (χ1) is 26.3. The van der Waals surface area contributed by atoms with Gasteiger partial charge in [0.25, 0.3) is 10.2 Å². The summed E-state index contributed by atoms with van der Waals surface area (Å²) in [4.78, 5) is 0. The molecule has 0 amide bonds. The highest BCUT2D eigenvalue weighted by Gasteiger charge is 2.65. The van der Waals surface area contributed by atoms with Crippen LogP contribution in [-0.4, -0.2) is 103 Å². The molecule has 5 saturated heterocycles. The smallest absolute Gasteiger partial charge is 0.279 e. The fraction of sp³-hybridized carbons (Fsp3) is 1.00. The van der Waals surface area contributed by atoms with E-state index >= 15 is 0 Å². The Hall–Kier alpha value is -0.680. The van der Waals surface area contributed by atoms with Crippen molar-refractivity contribution in [2.24, 2.45) is 67.9 Å². The molecule has 56 heavy (non-hydrogen) atoms. The maximum absolute atomic E-state index is 13.7. The van der Waals surface area contributed by atoms with Crippen molar-refractivity contribution in [3.8, 4) is 0 Å². The van der Waals surface area contributed by atoms with Crippen LogP contribution in [0.15, 0.2) is 0 Å². The summed E-state index contributed by atoms with van der Waals surface area (Å²) in [5.41, 5.74) is 0. The Morgan fingerprint density at radius 3 is 1.09 bits per heavy atom. The summed E-state index contributed by atoms with van der Waals surface area (Å²) in [5, 5.41) is 43.6. The number of nitrogens with zero attached hydrogens (tertiary/aromatic N) is 1. The average Bonchev–Trinajstić information content (AvgIpc) is 3.84. The summed E-state index contributed by atoms with van der Waals surface area (Å²) in [5.74, 6) is -1.36. The van der Waals surface area contributed by atoms with Gasteiger partial charge in [0.15, 0.2) is 0 Å². The Morgan fingerprint density at radius 1 is 0.393 bits per heavy atom. The summed E-state index contributed by atoms with van der Waals surface area (Å²) in [6, 6.07) is 0. The summed E-state index contributed by atoms with van der Waals surface area (Å²) in [7, 11) is -18.4. The highest BCUT2D eigenvalue weighted by Crippen LogP contribution is 2.49. The van der Waals surface area contributed by atoms with Crippen molar-refractivity contribution in [2.75, 3.05) is 0 Å². The topological polar surface area (TPSA) is 328 Å². The predicted molar refractivity (Wildman–Crippen MR) is 206 cm³/mol. The maximum Gasteiger partial charge on any atom is 0.279 e. The van der Waals surface area contributed by atoms with Crippen LogP contribution in [0.2, 0.25) is 0 Å². The number of sulfonamides is 3. The number of rotatable bonds is 4. The fourth-order valence-electron chi connectivity index (χ4n) is 13.5. The van der Waals surface area contributed by atoms with E-state index in [-0.39, 0.29) is 60.4 Å². The molecule has 320 valence electrons. The van der Waals surface area contributed by atoms with Gasteiger partial charge in [-0.3, -0.25) is 37.2 Å². The largest absolute Gasteiger partial charge is 0.286 e. The van der Waals surface area contributed by atoms with Crippen molar-refractivity contribution in [1.29, 1.82) is 0 Å². The van der Waals surface area contributed by atoms with E-state index in [1.54, 1.807) is 0 Å². The van der Waals surface area contributed by atoms with Gasteiger partial charge in [0.05, 0.1) is 54.6 Å². The lowest BCUT2D eigenvalue weighted by atomic mass is 9.76. The van der Waals surface area contributed by atoms with Crippen molar-refractivity contribution in [1.82, 2.24) is 41.5 Å². The lowest BCUT2D eigenvalue weighted by molar-refractivity contribution is 0.153. The summed E-state index contributed by atoms with van der Waals surface area (Å²) < 4.78 is 109. The van der Waals surface area contributed by atoms with Crippen LogP contribution in [0.3, 0.4) is 0 Å². The van der Waals surface area contributed by atoms with Crippen molar-refractivity contribution in [3.05, 3.63) is 0 Å². The molecule has 19 unspecified atom stereocenters. The van der Waals surface area contributed by atoms with E-state index in [9.17, 15) is 33.7 Å². The van der Waals surface area contributed by atoms with Crippen molar-refractivity contribution < 1.29 is 33.7 Å². The van der Waals surface area contributed by atoms with Gasteiger partial charge in [0, 0.05) is 5.92 Å². The highest BCUT2D eigenvalue weighted by atomic mass is 32.2. The molecule has 9 rings (SSSR count). The van der Waals surface area contributed by atoms with Crippen LogP contribution in [0.25, 0.3) is 0 Å². The van der Waals surface area contributed by atoms with Gasteiger partial charge in [0.1, 0.15) is 10.5 Å². The minimum Gasteiger partial charge on any atom is -0.286 e. The lowest BCUT2D eigenvalue weighted by Gasteiger charge is -2.44. The Labute approximate surface area is 330 Å². The molecule has 0 radical (unpaired) electrons. The zero-order valence-electron chi connectivity index (χ0n) is 31.3. The predicted octanol–water partition coefficient (Wildman–Crippen LogP) is -3.68. The molecule has 24 heteroatoms.